The summed E-state index contributed by atoms with van der Waals surface area (Å²) in [5.74, 6) is 1.66. The molecule has 2 aromatic heterocycles. The van der Waals surface area contributed by atoms with Gasteiger partial charge in [-0.25, -0.2) is 0 Å². The Morgan fingerprint density at radius 1 is 0.306 bits per heavy atom. The predicted molar refractivity (Wildman–Crippen MR) is 293 cm³/mol. The number of hydrogen-bond acceptors (Lipinski definition) is 5. The van der Waals surface area contributed by atoms with Crippen molar-refractivity contribution in [2.75, 3.05) is 9.80 Å². The van der Waals surface area contributed by atoms with Gasteiger partial charge in [0.2, 0.25) is 0 Å². The lowest BCUT2D eigenvalue weighted by atomic mass is 9.66. The highest BCUT2D eigenvalue weighted by Crippen LogP contribution is 2.62. The van der Waals surface area contributed by atoms with E-state index in [2.05, 4.69) is 246 Å². The van der Waals surface area contributed by atoms with Gasteiger partial charge in [-0.2, -0.15) is 0 Å². The van der Waals surface area contributed by atoms with Crippen LogP contribution in [-0.4, -0.2) is 0 Å². The van der Waals surface area contributed by atoms with Crippen LogP contribution in [0.15, 0.2) is 264 Å². The first-order valence-electron chi connectivity index (χ1n) is 24.5. The van der Waals surface area contributed by atoms with Crippen LogP contribution in [0, 0.1) is 0 Å². The molecule has 5 heteroatoms. The first kappa shape index (κ1) is 40.3. The molecule has 13 aromatic rings. The number of ether oxygens (including phenoxy) is 1. The summed E-state index contributed by atoms with van der Waals surface area (Å²) in [5.41, 5.74) is 18.2. The normalized spacial score (nSPS) is 12.9. The van der Waals surface area contributed by atoms with Gasteiger partial charge in [-0.1, -0.05) is 158 Å². The zero-order valence-electron chi connectivity index (χ0n) is 38.9. The summed E-state index contributed by atoms with van der Waals surface area (Å²) in [6.45, 7) is 0. The number of rotatable bonds is 7. The SMILES string of the molecule is c1ccc(N(c2ccccc2)c2ccc(-c3ccc(N(c4ccc5c(c4)Oc4ccccc4C54c5ccccc5-c5ccccc54)c4ccc5oc6ccccc6c5c4)c4c3oc3ccccc34)cc2)cc1. The second-order valence-electron chi connectivity index (χ2n) is 18.7. The van der Waals surface area contributed by atoms with Gasteiger partial charge in [-0.3, -0.25) is 0 Å². The minimum absolute atomic E-state index is 0.584. The van der Waals surface area contributed by atoms with Crippen LogP contribution in [0.5, 0.6) is 11.5 Å². The Hall–Kier alpha value is -9.58. The Balaban J connectivity index is 0.946. The molecular formula is C67H42N2O3. The van der Waals surface area contributed by atoms with Crippen molar-refractivity contribution in [1.29, 1.82) is 0 Å². The van der Waals surface area contributed by atoms with Crippen LogP contribution >= 0.6 is 0 Å². The molecule has 0 unspecified atom stereocenters. The molecule has 3 heterocycles. The van der Waals surface area contributed by atoms with Gasteiger partial charge in [0.15, 0.2) is 0 Å². The van der Waals surface area contributed by atoms with Gasteiger partial charge < -0.3 is 23.4 Å². The van der Waals surface area contributed by atoms with E-state index in [1.54, 1.807) is 0 Å². The molecule has 1 aliphatic heterocycles. The molecule has 0 atom stereocenters. The van der Waals surface area contributed by atoms with Crippen molar-refractivity contribution in [3.63, 3.8) is 0 Å². The van der Waals surface area contributed by atoms with Crippen molar-refractivity contribution < 1.29 is 13.6 Å². The van der Waals surface area contributed by atoms with Crippen molar-refractivity contribution in [2.45, 2.75) is 5.41 Å². The van der Waals surface area contributed by atoms with Gasteiger partial charge >= 0.3 is 0 Å². The third-order valence-corrected chi connectivity index (χ3v) is 14.9. The average molecular weight is 923 g/mol. The molecule has 1 spiro atoms. The van der Waals surface area contributed by atoms with E-state index < -0.39 is 5.41 Å². The van der Waals surface area contributed by atoms with Gasteiger partial charge in [0, 0.05) is 67.4 Å². The van der Waals surface area contributed by atoms with Crippen LogP contribution in [0.4, 0.5) is 34.1 Å². The third-order valence-electron chi connectivity index (χ3n) is 14.9. The van der Waals surface area contributed by atoms with Crippen LogP contribution < -0.4 is 14.5 Å². The van der Waals surface area contributed by atoms with E-state index in [0.717, 1.165) is 112 Å². The Kier molecular flexibility index (Phi) is 8.80. The van der Waals surface area contributed by atoms with E-state index in [0.29, 0.717) is 0 Å². The molecule has 0 fully saturated rings. The van der Waals surface area contributed by atoms with E-state index in [1.165, 1.54) is 22.3 Å². The highest BCUT2D eigenvalue weighted by Gasteiger charge is 2.51. The summed E-state index contributed by atoms with van der Waals surface area (Å²) >= 11 is 0. The fourth-order valence-electron chi connectivity index (χ4n) is 11.9. The number of fused-ring (bicyclic) bond motifs is 15. The summed E-state index contributed by atoms with van der Waals surface area (Å²) in [6.07, 6.45) is 0. The fourth-order valence-corrected chi connectivity index (χ4v) is 11.9. The molecule has 0 saturated heterocycles. The maximum atomic E-state index is 7.11. The van der Waals surface area contributed by atoms with E-state index in [1.807, 2.05) is 18.2 Å². The number of anilines is 6. The van der Waals surface area contributed by atoms with Gasteiger partial charge in [0.1, 0.15) is 33.8 Å². The van der Waals surface area contributed by atoms with E-state index in [9.17, 15) is 0 Å². The van der Waals surface area contributed by atoms with Crippen LogP contribution in [0.3, 0.4) is 0 Å². The van der Waals surface area contributed by atoms with Crippen molar-refractivity contribution in [2.24, 2.45) is 0 Å². The zero-order valence-corrected chi connectivity index (χ0v) is 38.9. The molecule has 0 amide bonds. The molecule has 0 radical (unpaired) electrons. The summed E-state index contributed by atoms with van der Waals surface area (Å²) in [7, 11) is 0. The Bertz CT molecular complexity index is 4180. The zero-order chi connectivity index (χ0) is 47.3. The number of para-hydroxylation sites is 5. The molecule has 0 bridgehead atoms. The molecule has 1 aliphatic carbocycles. The first-order valence-corrected chi connectivity index (χ1v) is 24.5. The van der Waals surface area contributed by atoms with E-state index in [-0.39, 0.29) is 0 Å². The maximum absolute atomic E-state index is 7.11. The van der Waals surface area contributed by atoms with Gasteiger partial charge in [-0.15, -0.1) is 0 Å². The predicted octanol–water partition coefficient (Wildman–Crippen LogP) is 18.6. The Labute approximate surface area is 415 Å². The monoisotopic (exact) mass is 922 g/mol. The van der Waals surface area contributed by atoms with Crippen LogP contribution in [0.2, 0.25) is 0 Å². The third kappa shape index (κ3) is 5.88. The fraction of sp³-hybridized carbons (Fsp3) is 0.0149. The lowest BCUT2D eigenvalue weighted by molar-refractivity contribution is 0.436. The van der Waals surface area contributed by atoms with Gasteiger partial charge in [0.05, 0.1) is 16.5 Å². The first-order chi connectivity index (χ1) is 35.7. The van der Waals surface area contributed by atoms with Crippen LogP contribution in [0.25, 0.3) is 66.1 Å². The number of furan rings is 2. The second kappa shape index (κ2) is 15.7. The molecule has 0 saturated carbocycles. The minimum atomic E-state index is -0.584. The van der Waals surface area contributed by atoms with Crippen LogP contribution in [-0.2, 0) is 5.41 Å². The summed E-state index contributed by atoms with van der Waals surface area (Å²) < 4.78 is 20.5. The number of benzene rings is 11. The van der Waals surface area contributed by atoms with E-state index in [4.69, 9.17) is 13.6 Å². The Morgan fingerprint density at radius 3 is 1.56 bits per heavy atom. The summed E-state index contributed by atoms with van der Waals surface area (Å²) in [4.78, 5) is 4.65. The lowest BCUT2D eigenvalue weighted by Gasteiger charge is -2.40. The molecule has 15 rings (SSSR count). The molecule has 72 heavy (non-hydrogen) atoms. The Morgan fingerprint density at radius 2 is 0.833 bits per heavy atom. The molecular weight excluding hydrogens is 881 g/mol. The van der Waals surface area contributed by atoms with Gasteiger partial charge in [0.25, 0.3) is 0 Å². The maximum Gasteiger partial charge on any atom is 0.145 e. The highest BCUT2D eigenvalue weighted by molar-refractivity contribution is 6.17. The smallest absolute Gasteiger partial charge is 0.145 e. The molecule has 2 aliphatic rings. The van der Waals surface area contributed by atoms with Crippen molar-refractivity contribution in [3.8, 4) is 33.8 Å². The summed E-state index contributed by atoms with van der Waals surface area (Å²) in [5, 5.41) is 4.15. The number of nitrogens with zero attached hydrogens (tertiary/aromatic N) is 2. The van der Waals surface area contributed by atoms with E-state index >= 15 is 0 Å². The molecule has 338 valence electrons. The quantitative estimate of drug-likeness (QED) is 0.159. The molecule has 5 nitrogen and oxygen atoms in total. The topological polar surface area (TPSA) is 42.0 Å². The standard InChI is InChI=1S/C67H42N2O3/c1-3-17-44(18-4-1)68(45-19-5-2-6-20-45)46-33-31-43(32-34-46)49-37-39-59(65-53-24-10-15-29-61(53)72-66(49)65)69(47-36-40-62-54(41-47)52-23-9-14-28-60(52)70-62)48-35-38-58-64(42-48)71-63-30-16-13-27-57(63)67(58)55-25-11-7-21-50(55)51-22-8-12-26-56(51)67/h1-42H. The lowest BCUT2D eigenvalue weighted by Crippen LogP contribution is -2.32. The van der Waals surface area contributed by atoms with Crippen molar-refractivity contribution in [3.05, 3.63) is 277 Å². The average Bonchev–Trinajstić information content (AvgIpc) is 4.11. The van der Waals surface area contributed by atoms with Crippen molar-refractivity contribution >= 4 is 78.0 Å². The van der Waals surface area contributed by atoms with Gasteiger partial charge in [-0.05, 0) is 119 Å². The van der Waals surface area contributed by atoms with Crippen molar-refractivity contribution in [1.82, 2.24) is 0 Å². The highest BCUT2D eigenvalue weighted by atomic mass is 16.5. The largest absolute Gasteiger partial charge is 0.457 e. The second-order valence-corrected chi connectivity index (χ2v) is 18.7. The number of hydrogen-bond donors (Lipinski definition) is 0. The van der Waals surface area contributed by atoms with Crippen LogP contribution in [0.1, 0.15) is 22.3 Å². The molecule has 11 aromatic carbocycles. The molecule has 0 N–H and O–H groups in total. The minimum Gasteiger partial charge on any atom is -0.457 e. The summed E-state index contributed by atoms with van der Waals surface area (Å²) in [6, 6.07) is 90.6.